The summed E-state index contributed by atoms with van der Waals surface area (Å²) < 4.78 is 101. The van der Waals surface area contributed by atoms with Gasteiger partial charge in [-0.3, -0.25) is 0 Å². The predicted octanol–water partition coefficient (Wildman–Crippen LogP) is 2.07. The topological polar surface area (TPSA) is 37.4 Å². The van der Waals surface area contributed by atoms with Crippen LogP contribution in [0.25, 0.3) is 0 Å². The van der Waals surface area contributed by atoms with Crippen molar-refractivity contribution in [1.82, 2.24) is 4.31 Å². The molecule has 0 radical (unpaired) electrons. The van der Waals surface area contributed by atoms with Gasteiger partial charge in [-0.1, -0.05) is 12.2 Å². The number of fused-ring (bicyclic) bond motifs is 2. The fourth-order valence-corrected chi connectivity index (χ4v) is 4.44. The molecule has 2 rings (SSSR count). The highest BCUT2D eigenvalue weighted by Crippen LogP contribution is 2.60. The van der Waals surface area contributed by atoms with Gasteiger partial charge in [0, 0.05) is 12.0 Å². The summed E-state index contributed by atoms with van der Waals surface area (Å²) in [5.41, 5.74) is -4.35. The molecule has 0 N–H and O–H groups in total. The highest BCUT2D eigenvalue weighted by molar-refractivity contribution is 7.88. The van der Waals surface area contributed by atoms with Crippen LogP contribution in [0, 0.1) is 5.92 Å². The molecule has 110 valence electrons. The van der Waals surface area contributed by atoms with E-state index in [1.165, 1.54) is 0 Å². The number of hydrogen-bond donors (Lipinski definition) is 0. The average Bonchev–Trinajstić information content (AvgIpc) is 2.69. The van der Waals surface area contributed by atoms with Gasteiger partial charge in [-0.15, -0.1) is 0 Å². The molecule has 2 aliphatic rings. The molecule has 0 aromatic carbocycles. The van der Waals surface area contributed by atoms with Crippen molar-refractivity contribution in [3.8, 4) is 0 Å². The van der Waals surface area contributed by atoms with Gasteiger partial charge in [0.2, 0.25) is 15.6 Å². The van der Waals surface area contributed by atoms with Gasteiger partial charge in [0.1, 0.15) is 0 Å². The van der Waals surface area contributed by atoms with Crippen LogP contribution in [0.2, 0.25) is 0 Å². The molecule has 1 saturated heterocycles. The molecule has 3 nitrogen and oxygen atoms in total. The number of rotatable bonds is 1. The molecule has 0 aromatic heterocycles. The number of alkyl halides is 6. The molecule has 0 unspecified atom stereocenters. The molecular weight excluding hydrogens is 300 g/mol. The monoisotopic (exact) mass is 309 g/mol. The van der Waals surface area contributed by atoms with E-state index in [-0.39, 0.29) is 0 Å². The van der Waals surface area contributed by atoms with E-state index in [1.807, 2.05) is 0 Å². The van der Waals surface area contributed by atoms with Crippen LogP contribution in [0.5, 0.6) is 0 Å². The molecule has 10 heteroatoms. The second-order valence-corrected chi connectivity index (χ2v) is 6.47. The molecule has 1 heterocycles. The van der Waals surface area contributed by atoms with Gasteiger partial charge in [0.05, 0.1) is 6.26 Å². The molecule has 19 heavy (non-hydrogen) atoms. The Bertz CT molecular complexity index is 506. The van der Waals surface area contributed by atoms with Crippen molar-refractivity contribution in [2.75, 3.05) is 6.26 Å². The first-order chi connectivity index (χ1) is 8.33. The Balaban J connectivity index is 2.76. The third-order valence-corrected chi connectivity index (χ3v) is 4.74. The lowest BCUT2D eigenvalue weighted by Crippen LogP contribution is -2.70. The summed E-state index contributed by atoms with van der Waals surface area (Å²) >= 11 is 0. The van der Waals surface area contributed by atoms with E-state index in [4.69, 9.17) is 0 Å². The van der Waals surface area contributed by atoms with E-state index in [9.17, 15) is 34.8 Å². The molecule has 0 amide bonds. The van der Waals surface area contributed by atoms with Crippen molar-refractivity contribution in [3.63, 3.8) is 0 Å². The maximum atomic E-state index is 13.1. The summed E-state index contributed by atoms with van der Waals surface area (Å²) in [7, 11) is -4.67. The second kappa shape index (κ2) is 3.66. The SMILES string of the molecule is CS(=O)(=O)N1[C@@H]2C=C[C@@H](C2)C1(C(F)(F)F)C(F)(F)F. The van der Waals surface area contributed by atoms with Gasteiger partial charge in [0.15, 0.2) is 0 Å². The number of hydrogen-bond acceptors (Lipinski definition) is 2. The largest absolute Gasteiger partial charge is 0.417 e. The zero-order chi connectivity index (χ0) is 14.9. The van der Waals surface area contributed by atoms with Gasteiger partial charge < -0.3 is 0 Å². The Morgan fingerprint density at radius 2 is 1.58 bits per heavy atom. The molecule has 2 bridgehead atoms. The van der Waals surface area contributed by atoms with Crippen molar-refractivity contribution in [1.29, 1.82) is 0 Å². The third-order valence-electron chi connectivity index (χ3n) is 3.47. The van der Waals surface area contributed by atoms with Crippen LogP contribution < -0.4 is 0 Å². The molecular formula is C9H9F6NO2S. The summed E-state index contributed by atoms with van der Waals surface area (Å²) in [5, 5.41) is 0. The normalized spacial score (nSPS) is 31.1. The Morgan fingerprint density at radius 3 is 1.89 bits per heavy atom. The van der Waals surface area contributed by atoms with E-state index in [0.717, 1.165) is 12.2 Å². The lowest BCUT2D eigenvalue weighted by molar-refractivity contribution is -0.331. The highest BCUT2D eigenvalue weighted by Gasteiger charge is 2.82. The van der Waals surface area contributed by atoms with Crippen LogP contribution in [-0.4, -0.2) is 42.9 Å². The second-order valence-electron chi connectivity index (χ2n) is 4.62. The third kappa shape index (κ3) is 1.72. The van der Waals surface area contributed by atoms with E-state index in [1.54, 1.807) is 0 Å². The van der Waals surface area contributed by atoms with E-state index < -0.39 is 50.6 Å². The van der Waals surface area contributed by atoms with Crippen LogP contribution in [0.1, 0.15) is 6.42 Å². The molecule has 1 aliphatic heterocycles. The molecule has 0 spiro atoms. The molecule has 1 aliphatic carbocycles. The van der Waals surface area contributed by atoms with Gasteiger partial charge >= 0.3 is 12.4 Å². The number of nitrogens with zero attached hydrogens (tertiary/aromatic N) is 1. The van der Waals surface area contributed by atoms with E-state index >= 15 is 0 Å². The molecule has 0 aromatic rings. The standard InChI is InChI=1S/C9H9F6NO2S/c1-19(17,18)16-6-3-2-5(4-6)7(16,8(10,11)12)9(13,14)15/h2-3,5-6H,4H2,1H3/t5-,6+/m0/s1. The molecule has 0 saturated carbocycles. The van der Waals surface area contributed by atoms with Crippen molar-refractivity contribution in [2.45, 2.75) is 30.4 Å². The van der Waals surface area contributed by atoms with Gasteiger partial charge in [0.25, 0.3) is 0 Å². The Labute approximate surface area is 104 Å². The van der Waals surface area contributed by atoms with Gasteiger partial charge in [-0.05, 0) is 6.42 Å². The number of sulfonamides is 1. The summed E-state index contributed by atoms with van der Waals surface area (Å²) in [4.78, 5) is 0. The Kier molecular flexibility index (Phi) is 2.82. The first-order valence-electron chi connectivity index (χ1n) is 5.15. The fraction of sp³-hybridized carbons (Fsp3) is 0.778. The van der Waals surface area contributed by atoms with Gasteiger partial charge in [-0.25, -0.2) is 8.42 Å². The first kappa shape index (κ1) is 14.6. The minimum absolute atomic E-state index is 0.355. The van der Waals surface area contributed by atoms with Crippen LogP contribution in [0.3, 0.4) is 0 Å². The number of halogens is 6. The minimum atomic E-state index is -5.74. The maximum Gasteiger partial charge on any atom is 0.417 e. The van der Waals surface area contributed by atoms with Gasteiger partial charge in [-0.2, -0.15) is 30.6 Å². The van der Waals surface area contributed by atoms with Crippen molar-refractivity contribution in [2.24, 2.45) is 5.92 Å². The summed E-state index contributed by atoms with van der Waals surface area (Å²) in [6, 6.07) is -1.40. The van der Waals surface area contributed by atoms with Crippen LogP contribution in [0.15, 0.2) is 12.2 Å². The maximum absolute atomic E-state index is 13.1. The van der Waals surface area contributed by atoms with Crippen molar-refractivity contribution < 1.29 is 34.8 Å². The summed E-state index contributed by atoms with van der Waals surface area (Å²) in [6.45, 7) is 0. The Morgan fingerprint density at radius 1 is 1.11 bits per heavy atom. The van der Waals surface area contributed by atoms with E-state index in [2.05, 4.69) is 0 Å². The van der Waals surface area contributed by atoms with Crippen molar-refractivity contribution in [3.05, 3.63) is 12.2 Å². The first-order valence-corrected chi connectivity index (χ1v) is 6.99. The minimum Gasteiger partial charge on any atom is -0.212 e. The summed E-state index contributed by atoms with van der Waals surface area (Å²) in [6.07, 6.45) is -9.76. The van der Waals surface area contributed by atoms with Crippen LogP contribution >= 0.6 is 0 Å². The zero-order valence-corrected chi connectivity index (χ0v) is 10.3. The quantitative estimate of drug-likeness (QED) is 0.549. The molecule has 1 fully saturated rings. The predicted molar refractivity (Wildman–Crippen MR) is 52.6 cm³/mol. The highest BCUT2D eigenvalue weighted by atomic mass is 32.2. The Hall–Kier alpha value is -0.770. The summed E-state index contributed by atoms with van der Waals surface area (Å²) in [5.74, 6) is -1.94. The smallest absolute Gasteiger partial charge is 0.212 e. The van der Waals surface area contributed by atoms with Crippen molar-refractivity contribution >= 4 is 10.0 Å². The molecule has 2 atom stereocenters. The fourth-order valence-electron chi connectivity index (χ4n) is 2.93. The van der Waals surface area contributed by atoms with Crippen LogP contribution in [-0.2, 0) is 10.0 Å². The van der Waals surface area contributed by atoms with E-state index in [0.29, 0.717) is 6.26 Å². The average molecular weight is 309 g/mol. The lowest BCUT2D eigenvalue weighted by Gasteiger charge is -2.44. The lowest BCUT2D eigenvalue weighted by atomic mass is 9.84. The zero-order valence-electron chi connectivity index (χ0n) is 9.46. The van der Waals surface area contributed by atoms with Crippen LogP contribution in [0.4, 0.5) is 26.3 Å².